The Balaban J connectivity index is 2.35. The Labute approximate surface area is 66.3 Å². The molecule has 4 nitrogen and oxygen atoms in total. The van der Waals surface area contributed by atoms with Crippen LogP contribution in [0.4, 0.5) is 4.79 Å². The van der Waals surface area contributed by atoms with E-state index in [4.69, 9.17) is 0 Å². The summed E-state index contributed by atoms with van der Waals surface area (Å²) in [6.45, 7) is 4.56. The Morgan fingerprint density at radius 1 is 1.73 bits per heavy atom. The van der Waals surface area contributed by atoms with E-state index < -0.39 is 0 Å². The van der Waals surface area contributed by atoms with Gasteiger partial charge < -0.3 is 5.32 Å². The first-order chi connectivity index (χ1) is 5.20. The molecule has 1 heterocycles. The molecule has 4 heteroatoms. The number of hydrogen-bond donors (Lipinski definition) is 1. The van der Waals surface area contributed by atoms with Crippen LogP contribution in [0.2, 0.25) is 0 Å². The molecule has 2 amide bonds. The number of urea groups is 1. The summed E-state index contributed by atoms with van der Waals surface area (Å²) in [4.78, 5) is 11.2. The summed E-state index contributed by atoms with van der Waals surface area (Å²) in [5.74, 6) is 0. The quantitative estimate of drug-likeness (QED) is 0.598. The summed E-state index contributed by atoms with van der Waals surface area (Å²) in [6.07, 6.45) is 2.62. The molecule has 0 saturated heterocycles. The van der Waals surface area contributed by atoms with Crippen LogP contribution in [0.3, 0.4) is 0 Å². The van der Waals surface area contributed by atoms with Gasteiger partial charge in [0.1, 0.15) is 0 Å². The maximum Gasteiger partial charge on any atom is 0.337 e. The Bertz CT molecular complexity index is 177. The summed E-state index contributed by atoms with van der Waals surface area (Å²) in [5, 5.41) is 8.09. The maximum atomic E-state index is 11.2. The van der Waals surface area contributed by atoms with Crippen molar-refractivity contribution >= 4 is 12.2 Å². The van der Waals surface area contributed by atoms with Crippen molar-refractivity contribution in [3.8, 4) is 0 Å². The van der Waals surface area contributed by atoms with Crippen molar-refractivity contribution in [1.29, 1.82) is 0 Å². The second kappa shape index (κ2) is 3.37. The van der Waals surface area contributed by atoms with E-state index in [1.165, 1.54) is 5.01 Å². The molecule has 0 aliphatic carbocycles. The highest BCUT2D eigenvalue weighted by Gasteiger charge is 2.14. The highest BCUT2D eigenvalue weighted by atomic mass is 16.2. The number of nitrogens with one attached hydrogen (secondary N) is 1. The zero-order valence-corrected chi connectivity index (χ0v) is 6.87. The van der Waals surface area contributed by atoms with E-state index in [9.17, 15) is 4.79 Å². The number of hydrogen-bond acceptors (Lipinski definition) is 2. The van der Waals surface area contributed by atoms with E-state index in [0.717, 1.165) is 6.42 Å². The number of rotatable bonds is 1. The molecule has 1 N–H and O–H groups in total. The third-order valence-corrected chi connectivity index (χ3v) is 1.34. The van der Waals surface area contributed by atoms with E-state index in [1.807, 2.05) is 13.8 Å². The van der Waals surface area contributed by atoms with Crippen LogP contribution < -0.4 is 5.32 Å². The zero-order chi connectivity index (χ0) is 8.27. The Hall–Kier alpha value is -1.06. The first-order valence-corrected chi connectivity index (χ1v) is 3.80. The largest absolute Gasteiger partial charge is 0.337 e. The van der Waals surface area contributed by atoms with Gasteiger partial charge in [0.2, 0.25) is 0 Å². The molecule has 1 aliphatic heterocycles. The van der Waals surface area contributed by atoms with E-state index in [1.54, 1.807) is 6.21 Å². The van der Waals surface area contributed by atoms with Crippen LogP contribution >= 0.6 is 0 Å². The number of nitrogens with zero attached hydrogens (tertiary/aromatic N) is 2. The molecular weight excluding hydrogens is 142 g/mol. The van der Waals surface area contributed by atoms with Gasteiger partial charge in [-0.3, -0.25) is 0 Å². The van der Waals surface area contributed by atoms with E-state index >= 15 is 0 Å². The summed E-state index contributed by atoms with van der Waals surface area (Å²) in [6, 6.07) is 0.0760. The van der Waals surface area contributed by atoms with Crippen molar-refractivity contribution in [1.82, 2.24) is 10.3 Å². The van der Waals surface area contributed by atoms with E-state index in [-0.39, 0.29) is 12.1 Å². The third kappa shape index (κ3) is 2.22. The van der Waals surface area contributed by atoms with Crippen LogP contribution in [0, 0.1) is 0 Å². The molecule has 0 fully saturated rings. The average molecular weight is 155 g/mol. The van der Waals surface area contributed by atoms with Gasteiger partial charge in [0.25, 0.3) is 0 Å². The smallest absolute Gasteiger partial charge is 0.334 e. The summed E-state index contributed by atoms with van der Waals surface area (Å²) in [5.41, 5.74) is 0. The van der Waals surface area contributed by atoms with E-state index in [0.29, 0.717) is 6.54 Å². The molecule has 0 aromatic heterocycles. The first-order valence-electron chi connectivity index (χ1n) is 3.80. The molecule has 1 rings (SSSR count). The molecule has 0 bridgehead atoms. The molecule has 0 aromatic rings. The Morgan fingerprint density at radius 2 is 2.45 bits per heavy atom. The van der Waals surface area contributed by atoms with Crippen molar-refractivity contribution in [2.45, 2.75) is 26.3 Å². The van der Waals surface area contributed by atoms with Gasteiger partial charge in [0.15, 0.2) is 0 Å². The SMILES string of the molecule is CC(C)NC(=O)N1CCC=N1. The molecule has 0 unspecified atom stereocenters. The fourth-order valence-electron chi connectivity index (χ4n) is 0.869. The Kier molecular flexibility index (Phi) is 2.46. The Morgan fingerprint density at radius 3 is 2.91 bits per heavy atom. The molecule has 1 aliphatic rings. The number of carbonyl (C=O) groups excluding carboxylic acids is 1. The topological polar surface area (TPSA) is 44.7 Å². The van der Waals surface area contributed by atoms with Gasteiger partial charge in [-0.25, -0.2) is 9.80 Å². The zero-order valence-electron chi connectivity index (χ0n) is 6.87. The van der Waals surface area contributed by atoms with Gasteiger partial charge in [0.05, 0.1) is 6.54 Å². The minimum absolute atomic E-state index is 0.103. The summed E-state index contributed by atoms with van der Waals surface area (Å²) in [7, 11) is 0. The van der Waals surface area contributed by atoms with Crippen molar-refractivity contribution in [2.75, 3.05) is 6.54 Å². The second-order valence-electron chi connectivity index (χ2n) is 2.81. The van der Waals surface area contributed by atoms with Crippen molar-refractivity contribution in [2.24, 2.45) is 5.10 Å². The average Bonchev–Trinajstić information content (AvgIpc) is 2.35. The lowest BCUT2D eigenvalue weighted by Gasteiger charge is -2.14. The van der Waals surface area contributed by atoms with Gasteiger partial charge >= 0.3 is 6.03 Å². The second-order valence-corrected chi connectivity index (χ2v) is 2.81. The van der Waals surface area contributed by atoms with Gasteiger partial charge in [0, 0.05) is 18.7 Å². The standard InChI is InChI=1S/C7H13N3O/c1-6(2)9-7(11)10-5-3-4-8-10/h4,6H,3,5H2,1-2H3,(H,9,11). The third-order valence-electron chi connectivity index (χ3n) is 1.34. The van der Waals surface area contributed by atoms with Crippen LogP contribution in [0.1, 0.15) is 20.3 Å². The lowest BCUT2D eigenvalue weighted by atomic mass is 10.4. The summed E-state index contributed by atoms with van der Waals surface area (Å²) < 4.78 is 0. The number of hydrazone groups is 1. The molecule has 11 heavy (non-hydrogen) atoms. The number of amides is 2. The van der Waals surface area contributed by atoms with Crippen LogP contribution in [-0.2, 0) is 0 Å². The molecule has 0 radical (unpaired) electrons. The lowest BCUT2D eigenvalue weighted by Crippen LogP contribution is -2.39. The summed E-state index contributed by atoms with van der Waals surface area (Å²) >= 11 is 0. The predicted molar refractivity (Wildman–Crippen MR) is 43.5 cm³/mol. The highest BCUT2D eigenvalue weighted by molar-refractivity contribution is 5.77. The van der Waals surface area contributed by atoms with Crippen molar-refractivity contribution < 1.29 is 4.79 Å². The molecule has 0 aromatic carbocycles. The minimum Gasteiger partial charge on any atom is -0.334 e. The molecule has 62 valence electrons. The highest BCUT2D eigenvalue weighted by Crippen LogP contribution is 1.99. The van der Waals surface area contributed by atoms with Crippen LogP contribution in [0.15, 0.2) is 5.10 Å². The van der Waals surface area contributed by atoms with E-state index in [2.05, 4.69) is 10.4 Å². The van der Waals surface area contributed by atoms with Crippen molar-refractivity contribution in [3.63, 3.8) is 0 Å². The van der Waals surface area contributed by atoms with Crippen LogP contribution in [0.5, 0.6) is 0 Å². The fourth-order valence-corrected chi connectivity index (χ4v) is 0.869. The predicted octanol–water partition coefficient (Wildman–Crippen LogP) is 0.796. The van der Waals surface area contributed by atoms with Gasteiger partial charge in [-0.15, -0.1) is 0 Å². The van der Waals surface area contributed by atoms with Gasteiger partial charge in [-0.2, -0.15) is 5.10 Å². The fraction of sp³-hybridized carbons (Fsp3) is 0.714. The molecule has 0 saturated carbocycles. The minimum atomic E-state index is -0.103. The lowest BCUT2D eigenvalue weighted by molar-refractivity contribution is 0.202. The molecular formula is C7H13N3O. The van der Waals surface area contributed by atoms with Crippen LogP contribution in [0.25, 0.3) is 0 Å². The maximum absolute atomic E-state index is 11.2. The van der Waals surface area contributed by atoms with Gasteiger partial charge in [-0.05, 0) is 13.8 Å². The monoisotopic (exact) mass is 155 g/mol. The van der Waals surface area contributed by atoms with Crippen molar-refractivity contribution in [3.05, 3.63) is 0 Å². The van der Waals surface area contributed by atoms with Gasteiger partial charge in [-0.1, -0.05) is 0 Å². The normalized spacial score (nSPS) is 16.1. The molecule has 0 atom stereocenters. The molecule has 0 spiro atoms. The van der Waals surface area contributed by atoms with Crippen LogP contribution in [-0.4, -0.2) is 29.8 Å². The first kappa shape index (κ1) is 8.04. The number of carbonyl (C=O) groups is 1.